The van der Waals surface area contributed by atoms with Gasteiger partial charge in [0.2, 0.25) is 11.8 Å². The van der Waals surface area contributed by atoms with Crippen LogP contribution in [0.2, 0.25) is 0 Å². The van der Waals surface area contributed by atoms with E-state index in [-0.39, 0.29) is 18.4 Å². The van der Waals surface area contributed by atoms with Gasteiger partial charge in [-0.3, -0.25) is 9.59 Å². The summed E-state index contributed by atoms with van der Waals surface area (Å²) in [6.07, 6.45) is 2.05. The molecular formula is C21H24N4O2. The van der Waals surface area contributed by atoms with Crippen LogP contribution in [0.15, 0.2) is 48.8 Å². The largest absolute Gasteiger partial charge is 0.336 e. The van der Waals surface area contributed by atoms with Crippen LogP contribution in [-0.2, 0) is 16.1 Å². The molecule has 1 N–H and O–H groups in total. The van der Waals surface area contributed by atoms with Crippen molar-refractivity contribution in [3.63, 3.8) is 0 Å². The van der Waals surface area contributed by atoms with E-state index in [1.807, 2.05) is 60.9 Å². The van der Waals surface area contributed by atoms with Crippen molar-refractivity contribution in [2.24, 2.45) is 0 Å². The average Bonchev–Trinajstić information content (AvgIpc) is 3.06. The standard InChI is InChI=1S/C21H24N4O2/c1-15-7-6-9-17(16(15)2)23-20(26)13-24(3)21(27)11-12-25-14-22-18-8-4-5-10-19(18)25/h4-10,14H,11-13H2,1-3H3,(H,23,26). The van der Waals surface area contributed by atoms with Crippen molar-refractivity contribution < 1.29 is 9.59 Å². The molecule has 0 atom stereocenters. The van der Waals surface area contributed by atoms with Crippen LogP contribution in [0.1, 0.15) is 17.5 Å². The van der Waals surface area contributed by atoms with E-state index in [1.165, 1.54) is 4.90 Å². The van der Waals surface area contributed by atoms with Gasteiger partial charge >= 0.3 is 0 Å². The third kappa shape index (κ3) is 4.34. The number of carbonyl (C=O) groups is 2. The van der Waals surface area contributed by atoms with Crippen LogP contribution < -0.4 is 5.32 Å². The monoisotopic (exact) mass is 364 g/mol. The highest BCUT2D eigenvalue weighted by Crippen LogP contribution is 2.18. The number of imidazole rings is 1. The summed E-state index contributed by atoms with van der Waals surface area (Å²) in [5.74, 6) is -0.281. The van der Waals surface area contributed by atoms with Gasteiger partial charge in [-0.15, -0.1) is 0 Å². The third-order valence-electron chi connectivity index (χ3n) is 4.78. The number of nitrogens with one attached hydrogen (secondary N) is 1. The van der Waals surface area contributed by atoms with Crippen molar-refractivity contribution in [1.82, 2.24) is 14.5 Å². The number of carbonyl (C=O) groups excluding carboxylic acids is 2. The number of para-hydroxylation sites is 2. The number of likely N-dealkylation sites (N-methyl/N-ethyl adjacent to an activating group) is 1. The van der Waals surface area contributed by atoms with Crippen LogP contribution >= 0.6 is 0 Å². The number of aryl methyl sites for hydroxylation is 2. The van der Waals surface area contributed by atoms with E-state index in [0.29, 0.717) is 13.0 Å². The Morgan fingerprint density at radius 2 is 1.89 bits per heavy atom. The van der Waals surface area contributed by atoms with Crippen LogP contribution in [-0.4, -0.2) is 39.9 Å². The molecule has 27 heavy (non-hydrogen) atoms. The highest BCUT2D eigenvalue weighted by atomic mass is 16.2. The lowest BCUT2D eigenvalue weighted by molar-refractivity contribution is -0.133. The fourth-order valence-electron chi connectivity index (χ4n) is 2.98. The maximum Gasteiger partial charge on any atom is 0.243 e. The molecule has 1 aromatic heterocycles. The maximum atomic E-state index is 12.4. The number of nitrogens with zero attached hydrogens (tertiary/aromatic N) is 3. The van der Waals surface area contributed by atoms with Crippen molar-refractivity contribution in [2.45, 2.75) is 26.8 Å². The number of hydrogen-bond acceptors (Lipinski definition) is 3. The molecule has 0 aliphatic carbocycles. The van der Waals surface area contributed by atoms with Crippen molar-refractivity contribution in [3.05, 3.63) is 59.9 Å². The summed E-state index contributed by atoms with van der Waals surface area (Å²) >= 11 is 0. The first kappa shape index (κ1) is 18.6. The highest BCUT2D eigenvalue weighted by Gasteiger charge is 2.14. The number of amides is 2. The summed E-state index contributed by atoms with van der Waals surface area (Å²) in [4.78, 5) is 30.5. The first-order valence-corrected chi connectivity index (χ1v) is 8.95. The Hall–Kier alpha value is -3.15. The van der Waals surface area contributed by atoms with Gasteiger partial charge in [0.05, 0.1) is 23.9 Å². The molecule has 0 unspecified atom stereocenters. The Morgan fingerprint density at radius 3 is 2.70 bits per heavy atom. The molecule has 0 aliphatic heterocycles. The van der Waals surface area contributed by atoms with Gasteiger partial charge in [0, 0.05) is 25.7 Å². The van der Waals surface area contributed by atoms with Crippen LogP contribution in [0.4, 0.5) is 5.69 Å². The zero-order valence-corrected chi connectivity index (χ0v) is 15.9. The van der Waals surface area contributed by atoms with Crippen LogP contribution in [0, 0.1) is 13.8 Å². The maximum absolute atomic E-state index is 12.4. The molecule has 0 saturated heterocycles. The van der Waals surface area contributed by atoms with Gasteiger partial charge in [0.15, 0.2) is 0 Å². The molecule has 2 aromatic carbocycles. The fourth-order valence-corrected chi connectivity index (χ4v) is 2.98. The molecule has 0 bridgehead atoms. The summed E-state index contributed by atoms with van der Waals surface area (Å²) in [6, 6.07) is 13.6. The third-order valence-corrected chi connectivity index (χ3v) is 4.78. The van der Waals surface area contributed by atoms with E-state index in [2.05, 4.69) is 10.3 Å². The molecule has 0 fully saturated rings. The second kappa shape index (κ2) is 8.03. The molecule has 6 nitrogen and oxygen atoms in total. The van der Waals surface area contributed by atoms with Crippen molar-refractivity contribution in [1.29, 1.82) is 0 Å². The van der Waals surface area contributed by atoms with Gasteiger partial charge in [-0.05, 0) is 43.2 Å². The fraction of sp³-hybridized carbons (Fsp3) is 0.286. The summed E-state index contributed by atoms with van der Waals surface area (Å²) in [5, 5.41) is 2.88. The zero-order valence-electron chi connectivity index (χ0n) is 15.9. The zero-order chi connectivity index (χ0) is 19.4. The molecule has 1 heterocycles. The number of aromatic nitrogens is 2. The van der Waals surface area contributed by atoms with Crippen LogP contribution in [0.5, 0.6) is 0 Å². The van der Waals surface area contributed by atoms with E-state index in [9.17, 15) is 9.59 Å². The highest BCUT2D eigenvalue weighted by molar-refractivity contribution is 5.95. The lowest BCUT2D eigenvalue weighted by Gasteiger charge is -2.18. The Labute approximate surface area is 158 Å². The normalized spacial score (nSPS) is 10.8. The average molecular weight is 364 g/mol. The molecule has 2 amide bonds. The summed E-state index contributed by atoms with van der Waals surface area (Å²) in [5.41, 5.74) is 4.84. The predicted molar refractivity (Wildman–Crippen MR) is 107 cm³/mol. The molecule has 3 rings (SSSR count). The Morgan fingerprint density at radius 1 is 1.11 bits per heavy atom. The topological polar surface area (TPSA) is 67.2 Å². The van der Waals surface area contributed by atoms with Crippen molar-refractivity contribution in [2.75, 3.05) is 18.9 Å². The lowest BCUT2D eigenvalue weighted by atomic mass is 10.1. The molecular weight excluding hydrogens is 340 g/mol. The van der Waals surface area contributed by atoms with Gasteiger partial charge in [-0.1, -0.05) is 24.3 Å². The minimum atomic E-state index is -0.201. The quantitative estimate of drug-likeness (QED) is 0.731. The second-order valence-electron chi connectivity index (χ2n) is 6.72. The molecule has 0 radical (unpaired) electrons. The summed E-state index contributed by atoms with van der Waals surface area (Å²) in [6.45, 7) is 4.52. The van der Waals surface area contributed by atoms with Gasteiger partial charge in [-0.25, -0.2) is 4.98 Å². The minimum absolute atomic E-state index is 0.0247. The molecule has 140 valence electrons. The van der Waals surface area contributed by atoms with E-state index < -0.39 is 0 Å². The van der Waals surface area contributed by atoms with Gasteiger partial charge in [-0.2, -0.15) is 0 Å². The van der Waals surface area contributed by atoms with E-state index in [0.717, 1.165) is 27.8 Å². The first-order valence-electron chi connectivity index (χ1n) is 8.95. The first-order chi connectivity index (χ1) is 13.0. The number of rotatable bonds is 6. The van der Waals surface area contributed by atoms with Gasteiger partial charge in [0.1, 0.15) is 0 Å². The van der Waals surface area contributed by atoms with Crippen molar-refractivity contribution >= 4 is 28.5 Å². The molecule has 3 aromatic rings. The minimum Gasteiger partial charge on any atom is -0.336 e. The number of hydrogen-bond donors (Lipinski definition) is 1. The lowest BCUT2D eigenvalue weighted by Crippen LogP contribution is -2.35. The van der Waals surface area contributed by atoms with Crippen LogP contribution in [0.25, 0.3) is 11.0 Å². The van der Waals surface area contributed by atoms with Gasteiger partial charge in [0.25, 0.3) is 0 Å². The Balaban J connectivity index is 1.54. The second-order valence-corrected chi connectivity index (χ2v) is 6.72. The Bertz CT molecular complexity index is 977. The molecule has 0 spiro atoms. The summed E-state index contributed by atoms with van der Waals surface area (Å²) < 4.78 is 1.96. The van der Waals surface area contributed by atoms with E-state index in [1.54, 1.807) is 13.4 Å². The molecule has 0 aliphatic rings. The van der Waals surface area contributed by atoms with Crippen molar-refractivity contribution in [3.8, 4) is 0 Å². The SMILES string of the molecule is Cc1cccc(NC(=O)CN(C)C(=O)CCn2cnc3ccccc32)c1C. The van der Waals surface area contributed by atoms with E-state index in [4.69, 9.17) is 0 Å². The van der Waals surface area contributed by atoms with E-state index >= 15 is 0 Å². The Kier molecular flexibility index (Phi) is 5.54. The summed E-state index contributed by atoms with van der Waals surface area (Å²) in [7, 11) is 1.65. The predicted octanol–water partition coefficient (Wildman–Crippen LogP) is 3.14. The van der Waals surface area contributed by atoms with Crippen LogP contribution in [0.3, 0.4) is 0 Å². The smallest absolute Gasteiger partial charge is 0.243 e. The molecule has 0 saturated carbocycles. The number of anilines is 1. The number of benzene rings is 2. The number of fused-ring (bicyclic) bond motifs is 1. The molecule has 6 heteroatoms. The van der Waals surface area contributed by atoms with Gasteiger partial charge < -0.3 is 14.8 Å².